The predicted octanol–water partition coefficient (Wildman–Crippen LogP) is 4.49. The van der Waals surface area contributed by atoms with Crippen LogP contribution in [0.3, 0.4) is 0 Å². The summed E-state index contributed by atoms with van der Waals surface area (Å²) >= 11 is 13.9. The van der Waals surface area contributed by atoms with Crippen LogP contribution in [0.1, 0.15) is 44.6 Å². The van der Waals surface area contributed by atoms with E-state index in [-0.39, 0.29) is 35.2 Å². The van der Waals surface area contributed by atoms with Gasteiger partial charge in [-0.05, 0) is 37.5 Å². The molecule has 2 fully saturated rings. The monoisotopic (exact) mass is 516 g/mol. The largest absolute Gasteiger partial charge is 0.341 e. The second kappa shape index (κ2) is 9.91. The molecule has 1 saturated carbocycles. The van der Waals surface area contributed by atoms with Gasteiger partial charge in [-0.2, -0.15) is 0 Å². The predicted molar refractivity (Wildman–Crippen MR) is 128 cm³/mol. The first-order valence-electron chi connectivity index (χ1n) is 10.7. The van der Waals surface area contributed by atoms with Crippen LogP contribution < -0.4 is 0 Å². The zero-order valence-electron chi connectivity index (χ0n) is 17.8. The fourth-order valence-electron chi connectivity index (χ4n) is 4.41. The van der Waals surface area contributed by atoms with Crippen molar-refractivity contribution in [1.82, 2.24) is 19.7 Å². The van der Waals surface area contributed by atoms with Gasteiger partial charge in [0.25, 0.3) is 0 Å². The van der Waals surface area contributed by atoms with E-state index in [1.54, 1.807) is 24.1 Å². The van der Waals surface area contributed by atoms with Crippen molar-refractivity contribution in [1.29, 1.82) is 0 Å². The number of sulfone groups is 1. The number of carbonyl (C=O) groups is 1. The molecular formula is C21H26Cl2N4O3S2. The van der Waals surface area contributed by atoms with Crippen molar-refractivity contribution in [3.63, 3.8) is 0 Å². The molecule has 11 heteroatoms. The molecule has 2 heterocycles. The molecule has 2 aliphatic rings. The molecule has 1 aromatic heterocycles. The smallest absolute Gasteiger partial charge is 0.233 e. The maximum Gasteiger partial charge on any atom is 0.233 e. The second-order valence-electron chi connectivity index (χ2n) is 8.44. The van der Waals surface area contributed by atoms with E-state index < -0.39 is 9.84 Å². The summed E-state index contributed by atoms with van der Waals surface area (Å²) in [6, 6.07) is 5.31. The first-order valence-corrected chi connectivity index (χ1v) is 14.3. The Morgan fingerprint density at radius 2 is 1.94 bits per heavy atom. The maximum absolute atomic E-state index is 12.8. The van der Waals surface area contributed by atoms with E-state index in [9.17, 15) is 13.2 Å². The lowest BCUT2D eigenvalue weighted by atomic mass is 9.95. The number of amides is 1. The molecule has 1 saturated heterocycles. The Kier molecular flexibility index (Phi) is 7.39. The highest BCUT2D eigenvalue weighted by molar-refractivity contribution is 7.99. The zero-order valence-corrected chi connectivity index (χ0v) is 21.0. The molecule has 1 amide bonds. The highest BCUT2D eigenvalue weighted by Crippen LogP contribution is 2.38. The Morgan fingerprint density at radius 1 is 1.19 bits per heavy atom. The molecule has 0 bridgehead atoms. The van der Waals surface area contributed by atoms with Gasteiger partial charge in [-0.15, -0.1) is 10.2 Å². The summed E-state index contributed by atoms with van der Waals surface area (Å²) in [4.78, 5) is 14.4. The third-order valence-corrected chi connectivity index (χ3v) is 9.48. The van der Waals surface area contributed by atoms with Gasteiger partial charge in [-0.3, -0.25) is 9.36 Å². The Hall–Kier alpha value is -1.29. The summed E-state index contributed by atoms with van der Waals surface area (Å²) in [6.07, 6.45) is 6.03. The molecular weight excluding hydrogens is 491 g/mol. The lowest BCUT2D eigenvalue weighted by molar-refractivity contribution is -0.128. The Balaban J connectivity index is 1.55. The number of benzene rings is 1. The first kappa shape index (κ1) is 23.9. The maximum atomic E-state index is 12.8. The van der Waals surface area contributed by atoms with Crippen LogP contribution in [0.25, 0.3) is 11.4 Å². The average molecular weight is 518 g/mol. The molecule has 32 heavy (non-hydrogen) atoms. The minimum Gasteiger partial charge on any atom is -0.341 e. The number of thioether (sulfide) groups is 1. The number of halogens is 2. The van der Waals surface area contributed by atoms with E-state index in [0.717, 1.165) is 31.2 Å². The molecule has 4 rings (SSSR count). The molecule has 0 spiro atoms. The van der Waals surface area contributed by atoms with Crippen LogP contribution in [0.2, 0.25) is 10.0 Å². The summed E-state index contributed by atoms with van der Waals surface area (Å²) in [5.74, 6) is 0.929. The van der Waals surface area contributed by atoms with Crippen molar-refractivity contribution in [2.45, 2.75) is 55.8 Å². The molecule has 1 aliphatic heterocycles. The van der Waals surface area contributed by atoms with E-state index >= 15 is 0 Å². The minimum absolute atomic E-state index is 0.0391. The van der Waals surface area contributed by atoms with Gasteiger partial charge in [0.15, 0.2) is 20.8 Å². The highest BCUT2D eigenvalue weighted by atomic mass is 35.5. The Morgan fingerprint density at radius 3 is 2.59 bits per heavy atom. The molecule has 7 nitrogen and oxygen atoms in total. The molecule has 1 unspecified atom stereocenters. The number of carbonyl (C=O) groups excluding carboxylic acids is 1. The first-order chi connectivity index (χ1) is 15.2. The number of hydrogen-bond donors (Lipinski definition) is 0. The second-order valence-corrected chi connectivity index (χ2v) is 12.5. The van der Waals surface area contributed by atoms with Crippen molar-refractivity contribution in [3.05, 3.63) is 28.2 Å². The number of nitrogens with zero attached hydrogens (tertiary/aromatic N) is 4. The van der Waals surface area contributed by atoms with E-state index in [1.807, 2.05) is 6.07 Å². The van der Waals surface area contributed by atoms with Crippen LogP contribution >= 0.6 is 35.0 Å². The topological polar surface area (TPSA) is 85.2 Å². The third kappa shape index (κ3) is 5.26. The van der Waals surface area contributed by atoms with Crippen LogP contribution in [0.5, 0.6) is 0 Å². The normalized spacial score (nSPS) is 21.0. The SMILES string of the molecule is CN(C(=O)CSc1nnc(-c2ccc(Cl)cc2Cl)n1C1CCCCC1)C1CCS(=O)(=O)C1. The minimum atomic E-state index is -3.05. The standard InChI is InChI=1S/C21H26Cl2N4O3S2/c1-26(16-9-10-32(29,30)13-16)19(28)12-31-21-25-24-20(17-8-7-14(22)11-18(17)23)27(21)15-5-3-2-4-6-15/h7-8,11,15-16H,2-6,9-10,12-13H2,1H3. The van der Waals surface area contributed by atoms with Crippen LogP contribution in [-0.4, -0.2) is 64.3 Å². The quantitative estimate of drug-likeness (QED) is 0.525. The van der Waals surface area contributed by atoms with Crippen LogP contribution in [0, 0.1) is 0 Å². The van der Waals surface area contributed by atoms with Crippen LogP contribution in [-0.2, 0) is 14.6 Å². The van der Waals surface area contributed by atoms with E-state index in [1.165, 1.54) is 18.2 Å². The van der Waals surface area contributed by atoms with Crippen molar-refractivity contribution < 1.29 is 13.2 Å². The fourth-order valence-corrected chi connectivity index (χ4v) is 7.61. The van der Waals surface area contributed by atoms with Gasteiger partial charge in [0.05, 0.1) is 22.3 Å². The van der Waals surface area contributed by atoms with Crippen LogP contribution in [0.4, 0.5) is 0 Å². The molecule has 174 valence electrons. The number of hydrogen-bond acceptors (Lipinski definition) is 6. The molecule has 0 N–H and O–H groups in total. The molecule has 1 aliphatic carbocycles. The van der Waals surface area contributed by atoms with Crippen molar-refractivity contribution >= 4 is 50.7 Å². The fraction of sp³-hybridized carbons (Fsp3) is 0.571. The summed E-state index contributed by atoms with van der Waals surface area (Å²) in [5.41, 5.74) is 0.764. The van der Waals surface area contributed by atoms with E-state index in [4.69, 9.17) is 23.2 Å². The zero-order chi connectivity index (χ0) is 22.9. The van der Waals surface area contributed by atoms with Gasteiger partial charge < -0.3 is 4.90 Å². The average Bonchev–Trinajstić information content (AvgIpc) is 3.35. The van der Waals surface area contributed by atoms with Crippen molar-refractivity contribution in [3.8, 4) is 11.4 Å². The Labute approximate surface area is 202 Å². The summed E-state index contributed by atoms with van der Waals surface area (Å²) in [6.45, 7) is 0. The number of rotatable bonds is 6. The molecule has 2 aromatic rings. The number of aromatic nitrogens is 3. The van der Waals surface area contributed by atoms with Gasteiger partial charge in [-0.25, -0.2) is 8.42 Å². The van der Waals surface area contributed by atoms with E-state index in [2.05, 4.69) is 14.8 Å². The Bertz CT molecular complexity index is 1100. The van der Waals surface area contributed by atoms with Gasteiger partial charge in [0, 0.05) is 29.7 Å². The van der Waals surface area contributed by atoms with Gasteiger partial charge in [0.1, 0.15) is 0 Å². The highest BCUT2D eigenvalue weighted by Gasteiger charge is 2.33. The van der Waals surface area contributed by atoms with Crippen LogP contribution in [0.15, 0.2) is 23.4 Å². The molecule has 1 aromatic carbocycles. The summed E-state index contributed by atoms with van der Waals surface area (Å²) in [5, 5.41) is 10.6. The molecule has 0 radical (unpaired) electrons. The summed E-state index contributed by atoms with van der Waals surface area (Å²) in [7, 11) is -1.37. The van der Waals surface area contributed by atoms with E-state index in [0.29, 0.717) is 27.4 Å². The third-order valence-electron chi connectivity index (χ3n) is 6.25. The van der Waals surface area contributed by atoms with Gasteiger partial charge in [0.2, 0.25) is 5.91 Å². The van der Waals surface area contributed by atoms with Crippen molar-refractivity contribution in [2.24, 2.45) is 0 Å². The van der Waals surface area contributed by atoms with Gasteiger partial charge >= 0.3 is 0 Å². The van der Waals surface area contributed by atoms with Crippen molar-refractivity contribution in [2.75, 3.05) is 24.3 Å². The lowest BCUT2D eigenvalue weighted by Gasteiger charge is -2.26. The summed E-state index contributed by atoms with van der Waals surface area (Å²) < 4.78 is 25.7. The molecule has 1 atom stereocenters. The lowest BCUT2D eigenvalue weighted by Crippen LogP contribution is -2.38. The van der Waals surface area contributed by atoms with Gasteiger partial charge in [-0.1, -0.05) is 54.2 Å².